The van der Waals surface area contributed by atoms with Crippen molar-refractivity contribution in [3.63, 3.8) is 0 Å². The van der Waals surface area contributed by atoms with Crippen molar-refractivity contribution in [3.05, 3.63) is 22.4 Å². The van der Waals surface area contributed by atoms with Gasteiger partial charge in [-0.2, -0.15) is 0 Å². The van der Waals surface area contributed by atoms with Crippen LogP contribution in [0, 0.1) is 5.82 Å². The van der Waals surface area contributed by atoms with Gasteiger partial charge < -0.3 is 0 Å². The van der Waals surface area contributed by atoms with E-state index in [1.54, 1.807) is 13.1 Å². The van der Waals surface area contributed by atoms with E-state index in [1.165, 1.54) is 10.7 Å². The van der Waals surface area contributed by atoms with E-state index in [1.807, 2.05) is 0 Å². The Labute approximate surface area is 76.3 Å². The first-order chi connectivity index (χ1) is 5.68. The minimum atomic E-state index is -0.313. The molecule has 2 aromatic rings. The Kier molecular flexibility index (Phi) is 1.61. The SMILES string of the molecule is Cn1nnc2cc(Br)cc(F)c21. The highest BCUT2D eigenvalue weighted by atomic mass is 79.9. The monoisotopic (exact) mass is 229 g/mol. The number of rotatable bonds is 0. The van der Waals surface area contributed by atoms with E-state index < -0.39 is 0 Å². The number of nitrogens with zero attached hydrogens (tertiary/aromatic N) is 3. The number of halogens is 2. The van der Waals surface area contributed by atoms with Gasteiger partial charge in [0, 0.05) is 11.5 Å². The molecule has 1 aromatic heterocycles. The summed E-state index contributed by atoms with van der Waals surface area (Å²) in [6.45, 7) is 0. The molecule has 0 unspecified atom stereocenters. The summed E-state index contributed by atoms with van der Waals surface area (Å²) < 4.78 is 15.3. The third kappa shape index (κ3) is 1.01. The molecule has 1 aromatic carbocycles. The molecule has 1 heterocycles. The van der Waals surface area contributed by atoms with E-state index in [-0.39, 0.29) is 5.82 Å². The van der Waals surface area contributed by atoms with Crippen LogP contribution in [0.4, 0.5) is 4.39 Å². The summed E-state index contributed by atoms with van der Waals surface area (Å²) >= 11 is 3.18. The van der Waals surface area contributed by atoms with Crippen molar-refractivity contribution in [3.8, 4) is 0 Å². The molecular formula is C7H5BrFN3. The molecular weight excluding hydrogens is 225 g/mol. The fourth-order valence-corrected chi connectivity index (χ4v) is 1.53. The smallest absolute Gasteiger partial charge is 0.151 e. The van der Waals surface area contributed by atoms with Gasteiger partial charge in [-0.15, -0.1) is 5.10 Å². The van der Waals surface area contributed by atoms with Gasteiger partial charge in [0.05, 0.1) is 0 Å². The summed E-state index contributed by atoms with van der Waals surface area (Å²) in [5, 5.41) is 7.49. The number of aromatic nitrogens is 3. The molecule has 0 spiro atoms. The van der Waals surface area contributed by atoms with Crippen LogP contribution in [0.25, 0.3) is 11.0 Å². The summed E-state index contributed by atoms with van der Waals surface area (Å²) in [5.41, 5.74) is 0.988. The molecule has 0 saturated heterocycles. The zero-order valence-corrected chi connectivity index (χ0v) is 7.84. The highest BCUT2D eigenvalue weighted by molar-refractivity contribution is 9.10. The van der Waals surface area contributed by atoms with Crippen molar-refractivity contribution in [2.24, 2.45) is 7.05 Å². The fraction of sp³-hybridized carbons (Fsp3) is 0.143. The van der Waals surface area contributed by atoms with Gasteiger partial charge in [0.1, 0.15) is 11.0 Å². The molecule has 0 amide bonds. The van der Waals surface area contributed by atoms with Crippen molar-refractivity contribution in [1.82, 2.24) is 15.0 Å². The van der Waals surface area contributed by atoms with Gasteiger partial charge in [0.2, 0.25) is 0 Å². The number of fused-ring (bicyclic) bond motifs is 1. The van der Waals surface area contributed by atoms with Gasteiger partial charge in [-0.05, 0) is 12.1 Å². The summed E-state index contributed by atoms with van der Waals surface area (Å²) in [7, 11) is 1.66. The topological polar surface area (TPSA) is 30.7 Å². The van der Waals surface area contributed by atoms with E-state index in [9.17, 15) is 4.39 Å². The van der Waals surface area contributed by atoms with Gasteiger partial charge >= 0.3 is 0 Å². The quantitative estimate of drug-likeness (QED) is 0.691. The van der Waals surface area contributed by atoms with E-state index in [2.05, 4.69) is 26.2 Å². The first-order valence-corrected chi connectivity index (χ1v) is 4.12. The van der Waals surface area contributed by atoms with Crippen LogP contribution >= 0.6 is 15.9 Å². The van der Waals surface area contributed by atoms with Gasteiger partial charge in [-0.1, -0.05) is 21.1 Å². The summed E-state index contributed by atoms with van der Waals surface area (Å²) in [5.74, 6) is -0.313. The van der Waals surface area contributed by atoms with Crippen LogP contribution in [0.2, 0.25) is 0 Å². The Hall–Kier alpha value is -0.970. The number of aryl methyl sites for hydroxylation is 1. The van der Waals surface area contributed by atoms with Crippen molar-refractivity contribution < 1.29 is 4.39 Å². The molecule has 2 rings (SSSR count). The molecule has 0 bridgehead atoms. The molecule has 0 aliphatic rings. The molecule has 0 aliphatic heterocycles. The molecule has 0 N–H and O–H groups in total. The van der Waals surface area contributed by atoms with E-state index in [0.29, 0.717) is 15.5 Å². The Morgan fingerprint density at radius 3 is 3.00 bits per heavy atom. The van der Waals surface area contributed by atoms with Crippen LogP contribution in [-0.4, -0.2) is 15.0 Å². The zero-order valence-electron chi connectivity index (χ0n) is 6.25. The lowest BCUT2D eigenvalue weighted by atomic mass is 10.3. The van der Waals surface area contributed by atoms with E-state index >= 15 is 0 Å². The van der Waals surface area contributed by atoms with Crippen molar-refractivity contribution >= 4 is 27.0 Å². The predicted molar refractivity (Wildman–Crippen MR) is 46.2 cm³/mol. The lowest BCUT2D eigenvalue weighted by Crippen LogP contribution is -1.91. The maximum Gasteiger partial charge on any atom is 0.151 e. The maximum atomic E-state index is 13.2. The molecule has 0 radical (unpaired) electrons. The van der Waals surface area contributed by atoms with E-state index in [4.69, 9.17) is 0 Å². The minimum Gasteiger partial charge on any atom is -0.245 e. The molecule has 0 saturated carbocycles. The van der Waals surface area contributed by atoms with Crippen LogP contribution in [0.3, 0.4) is 0 Å². The van der Waals surface area contributed by atoms with Crippen LogP contribution in [0.1, 0.15) is 0 Å². The molecule has 62 valence electrons. The van der Waals surface area contributed by atoms with Crippen LogP contribution in [0.15, 0.2) is 16.6 Å². The number of hydrogen-bond acceptors (Lipinski definition) is 2. The third-order valence-corrected chi connectivity index (χ3v) is 2.08. The first kappa shape index (κ1) is 7.67. The fourth-order valence-electron chi connectivity index (χ4n) is 1.11. The number of benzene rings is 1. The highest BCUT2D eigenvalue weighted by Gasteiger charge is 2.07. The summed E-state index contributed by atoms with van der Waals surface area (Å²) in [6, 6.07) is 3.12. The normalized spacial score (nSPS) is 10.9. The average Bonchev–Trinajstić information content (AvgIpc) is 2.31. The molecule has 0 fully saturated rings. The highest BCUT2D eigenvalue weighted by Crippen LogP contribution is 2.20. The molecule has 12 heavy (non-hydrogen) atoms. The Bertz CT molecular complexity index is 437. The number of hydrogen-bond donors (Lipinski definition) is 0. The van der Waals surface area contributed by atoms with Crippen LogP contribution < -0.4 is 0 Å². The average molecular weight is 230 g/mol. The summed E-state index contributed by atoms with van der Waals surface area (Å²) in [6.07, 6.45) is 0. The lowest BCUT2D eigenvalue weighted by Gasteiger charge is -1.94. The first-order valence-electron chi connectivity index (χ1n) is 3.33. The maximum absolute atomic E-state index is 13.2. The van der Waals surface area contributed by atoms with Crippen LogP contribution in [0.5, 0.6) is 0 Å². The predicted octanol–water partition coefficient (Wildman–Crippen LogP) is 1.87. The minimum absolute atomic E-state index is 0.313. The molecule has 0 aliphatic carbocycles. The van der Waals surface area contributed by atoms with Crippen molar-refractivity contribution in [2.75, 3.05) is 0 Å². The van der Waals surface area contributed by atoms with Gasteiger partial charge in [0.25, 0.3) is 0 Å². The summed E-state index contributed by atoms with van der Waals surface area (Å²) in [4.78, 5) is 0. The lowest BCUT2D eigenvalue weighted by molar-refractivity contribution is 0.622. The second kappa shape index (κ2) is 2.52. The van der Waals surface area contributed by atoms with E-state index in [0.717, 1.165) is 0 Å². The van der Waals surface area contributed by atoms with Gasteiger partial charge in [0.15, 0.2) is 5.82 Å². The molecule has 3 nitrogen and oxygen atoms in total. The second-order valence-corrected chi connectivity index (χ2v) is 3.38. The van der Waals surface area contributed by atoms with Gasteiger partial charge in [-0.25, -0.2) is 9.07 Å². The van der Waals surface area contributed by atoms with Crippen molar-refractivity contribution in [1.29, 1.82) is 0 Å². The van der Waals surface area contributed by atoms with Gasteiger partial charge in [-0.3, -0.25) is 0 Å². The second-order valence-electron chi connectivity index (χ2n) is 2.47. The largest absolute Gasteiger partial charge is 0.245 e. The molecule has 0 atom stereocenters. The Morgan fingerprint density at radius 2 is 2.25 bits per heavy atom. The zero-order chi connectivity index (χ0) is 8.72. The standard InChI is InChI=1S/C7H5BrFN3/c1-12-7-5(9)2-4(8)3-6(7)10-11-12/h2-3H,1H3. The Balaban J connectivity index is 2.93. The Morgan fingerprint density at radius 1 is 1.50 bits per heavy atom. The van der Waals surface area contributed by atoms with Crippen LogP contribution in [-0.2, 0) is 7.05 Å². The molecule has 5 heteroatoms. The van der Waals surface area contributed by atoms with Crippen molar-refractivity contribution in [2.45, 2.75) is 0 Å². The third-order valence-electron chi connectivity index (χ3n) is 1.62.